The monoisotopic (exact) mass is 418 g/mol. The molecule has 3 rings (SSSR count). The lowest BCUT2D eigenvalue weighted by atomic mass is 10.0. The van der Waals surface area contributed by atoms with Crippen LogP contribution in [0.5, 0.6) is 0 Å². The average molecular weight is 419 g/mol. The molecule has 0 aromatic heterocycles. The molecule has 0 fully saturated rings. The molecule has 0 radical (unpaired) electrons. The number of carbonyl (C=O) groups excluding carboxylic acids is 2. The van der Waals surface area contributed by atoms with Crippen LogP contribution >= 0.6 is 11.6 Å². The minimum absolute atomic E-state index is 0.0148. The van der Waals surface area contributed by atoms with E-state index in [1.807, 2.05) is 17.9 Å². The molecule has 3 N–H and O–H groups in total. The van der Waals surface area contributed by atoms with Gasteiger partial charge in [-0.1, -0.05) is 11.6 Å². The van der Waals surface area contributed by atoms with Crippen molar-refractivity contribution in [2.75, 3.05) is 41.7 Å². The Labute approximate surface area is 174 Å². The number of nitrogens with one attached hydrogen (secondary N) is 3. The van der Waals surface area contributed by atoms with Crippen LogP contribution in [0.15, 0.2) is 36.4 Å². The van der Waals surface area contributed by atoms with E-state index in [9.17, 15) is 14.0 Å². The lowest BCUT2D eigenvalue weighted by Crippen LogP contribution is -2.35. The highest BCUT2D eigenvalue weighted by Crippen LogP contribution is 2.25. The number of amides is 2. The van der Waals surface area contributed by atoms with Gasteiger partial charge in [0.05, 0.1) is 11.6 Å². The summed E-state index contributed by atoms with van der Waals surface area (Å²) in [5.74, 6) is -0.578. The number of hydrogen-bond acceptors (Lipinski definition) is 4. The number of rotatable bonds is 8. The Morgan fingerprint density at radius 1 is 1.24 bits per heavy atom. The van der Waals surface area contributed by atoms with Gasteiger partial charge >= 0.3 is 0 Å². The lowest BCUT2D eigenvalue weighted by molar-refractivity contribution is -0.116. The summed E-state index contributed by atoms with van der Waals surface area (Å²) in [6, 6.07) is 10.2. The van der Waals surface area contributed by atoms with E-state index in [1.54, 1.807) is 24.3 Å². The first-order valence-electron chi connectivity index (χ1n) is 9.59. The zero-order valence-corrected chi connectivity index (χ0v) is 17.0. The number of aryl methyl sites for hydroxylation is 1. The minimum Gasteiger partial charge on any atom is -0.370 e. The first kappa shape index (κ1) is 21.1. The molecule has 8 heteroatoms. The summed E-state index contributed by atoms with van der Waals surface area (Å²) < 4.78 is 13.7. The number of benzene rings is 2. The largest absolute Gasteiger partial charge is 0.370 e. The van der Waals surface area contributed by atoms with Gasteiger partial charge in [0, 0.05) is 43.1 Å². The molecule has 0 atom stereocenters. The molecule has 0 unspecified atom stereocenters. The van der Waals surface area contributed by atoms with Crippen molar-refractivity contribution in [3.8, 4) is 0 Å². The van der Waals surface area contributed by atoms with Crippen LogP contribution in [0.2, 0.25) is 5.02 Å². The number of fused-ring (bicyclic) bond motifs is 1. The molecule has 154 valence electrons. The summed E-state index contributed by atoms with van der Waals surface area (Å²) in [5, 5.41) is 8.88. The normalized spacial score (nSPS) is 12.9. The van der Waals surface area contributed by atoms with Gasteiger partial charge in [-0.25, -0.2) is 4.39 Å². The molecule has 6 nitrogen and oxygen atoms in total. The first-order valence-corrected chi connectivity index (χ1v) is 9.97. The standard InChI is InChI=1S/C21H24ClFN4O2/c1-2-27(16-5-6-17(22)18(23)12-16)10-9-24-13-21(29)25-15-4-7-19-14(11-15)3-8-20(28)26-19/h4-7,11-12,24H,2-3,8-10,13H2,1H3,(H,25,29)(H,26,28). The molecule has 0 spiro atoms. The maximum absolute atomic E-state index is 13.7. The molecular formula is C21H24ClFN4O2. The summed E-state index contributed by atoms with van der Waals surface area (Å²) in [7, 11) is 0. The average Bonchev–Trinajstić information content (AvgIpc) is 2.70. The number of halogens is 2. The van der Waals surface area contributed by atoms with Gasteiger partial charge in [0.25, 0.3) is 0 Å². The number of hydrogen-bond donors (Lipinski definition) is 3. The van der Waals surface area contributed by atoms with Crippen molar-refractivity contribution in [2.45, 2.75) is 19.8 Å². The fourth-order valence-electron chi connectivity index (χ4n) is 3.23. The van der Waals surface area contributed by atoms with Crippen molar-refractivity contribution in [3.63, 3.8) is 0 Å². The summed E-state index contributed by atoms with van der Waals surface area (Å²) >= 11 is 5.73. The number of likely N-dealkylation sites (N-methyl/N-ethyl adjacent to an activating group) is 1. The van der Waals surface area contributed by atoms with Crippen molar-refractivity contribution in [1.82, 2.24) is 5.32 Å². The van der Waals surface area contributed by atoms with Gasteiger partial charge in [-0.2, -0.15) is 0 Å². The van der Waals surface area contributed by atoms with Gasteiger partial charge in [0.2, 0.25) is 11.8 Å². The Balaban J connectivity index is 1.45. The molecule has 2 amide bonds. The summed E-state index contributed by atoms with van der Waals surface area (Å²) in [6.07, 6.45) is 1.12. The van der Waals surface area contributed by atoms with E-state index in [0.29, 0.717) is 38.2 Å². The second-order valence-electron chi connectivity index (χ2n) is 6.82. The molecule has 1 aliphatic heterocycles. The smallest absolute Gasteiger partial charge is 0.238 e. The van der Waals surface area contributed by atoms with Gasteiger partial charge in [-0.15, -0.1) is 0 Å². The van der Waals surface area contributed by atoms with Crippen molar-refractivity contribution in [2.24, 2.45) is 0 Å². The van der Waals surface area contributed by atoms with Crippen LogP contribution < -0.4 is 20.9 Å². The highest BCUT2D eigenvalue weighted by atomic mass is 35.5. The highest BCUT2D eigenvalue weighted by Gasteiger charge is 2.15. The van der Waals surface area contributed by atoms with Crippen LogP contribution in [0.3, 0.4) is 0 Å². The van der Waals surface area contributed by atoms with Crippen molar-refractivity contribution in [1.29, 1.82) is 0 Å². The van der Waals surface area contributed by atoms with Gasteiger partial charge < -0.3 is 20.9 Å². The Morgan fingerprint density at radius 3 is 2.83 bits per heavy atom. The Bertz CT molecular complexity index is 906. The molecule has 1 heterocycles. The summed E-state index contributed by atoms with van der Waals surface area (Å²) in [4.78, 5) is 25.6. The Hall–Kier alpha value is -2.64. The molecule has 0 saturated heterocycles. The zero-order chi connectivity index (χ0) is 20.8. The number of nitrogens with zero attached hydrogens (tertiary/aromatic N) is 1. The van der Waals surface area contributed by atoms with E-state index < -0.39 is 5.82 Å². The SMILES string of the molecule is CCN(CCNCC(=O)Nc1ccc2c(c1)CCC(=O)N2)c1ccc(Cl)c(F)c1. The third kappa shape index (κ3) is 5.68. The maximum Gasteiger partial charge on any atom is 0.238 e. The Kier molecular flexibility index (Phi) is 7.06. The molecule has 0 aliphatic carbocycles. The van der Waals surface area contributed by atoms with Crippen LogP contribution in [0.4, 0.5) is 21.5 Å². The fraction of sp³-hybridized carbons (Fsp3) is 0.333. The molecule has 0 saturated carbocycles. The van der Waals surface area contributed by atoms with E-state index in [1.165, 1.54) is 6.07 Å². The molecule has 0 bridgehead atoms. The van der Waals surface area contributed by atoms with Crippen molar-refractivity contribution < 1.29 is 14.0 Å². The lowest BCUT2D eigenvalue weighted by Gasteiger charge is -2.23. The maximum atomic E-state index is 13.7. The van der Waals surface area contributed by atoms with Crippen LogP contribution in [0, 0.1) is 5.82 Å². The molecule has 2 aromatic carbocycles. The third-order valence-electron chi connectivity index (χ3n) is 4.78. The number of anilines is 3. The van der Waals surface area contributed by atoms with Gasteiger partial charge in [-0.05, 0) is 55.3 Å². The van der Waals surface area contributed by atoms with E-state index in [4.69, 9.17) is 11.6 Å². The van der Waals surface area contributed by atoms with E-state index >= 15 is 0 Å². The third-order valence-corrected chi connectivity index (χ3v) is 5.09. The summed E-state index contributed by atoms with van der Waals surface area (Å²) in [6.45, 7) is 4.06. The Morgan fingerprint density at radius 2 is 2.07 bits per heavy atom. The van der Waals surface area contributed by atoms with Crippen LogP contribution in [0.25, 0.3) is 0 Å². The second-order valence-corrected chi connectivity index (χ2v) is 7.23. The van der Waals surface area contributed by atoms with Gasteiger partial charge in [0.15, 0.2) is 0 Å². The quantitative estimate of drug-likeness (QED) is 0.574. The first-order chi connectivity index (χ1) is 14.0. The van der Waals surface area contributed by atoms with Crippen LogP contribution in [-0.4, -0.2) is 38.0 Å². The molecular weight excluding hydrogens is 395 g/mol. The predicted molar refractivity (Wildman–Crippen MR) is 114 cm³/mol. The molecule has 1 aliphatic rings. The molecule has 2 aromatic rings. The highest BCUT2D eigenvalue weighted by molar-refractivity contribution is 6.30. The minimum atomic E-state index is -0.445. The topological polar surface area (TPSA) is 73.5 Å². The van der Waals surface area contributed by atoms with Crippen LogP contribution in [-0.2, 0) is 16.0 Å². The number of carbonyl (C=O) groups is 2. The zero-order valence-electron chi connectivity index (χ0n) is 16.2. The van der Waals surface area contributed by atoms with Crippen LogP contribution in [0.1, 0.15) is 18.9 Å². The fourth-order valence-corrected chi connectivity index (χ4v) is 3.35. The van der Waals surface area contributed by atoms with E-state index in [2.05, 4.69) is 16.0 Å². The van der Waals surface area contributed by atoms with Crippen molar-refractivity contribution in [3.05, 3.63) is 52.8 Å². The van der Waals surface area contributed by atoms with Crippen molar-refractivity contribution >= 4 is 40.5 Å². The molecule has 29 heavy (non-hydrogen) atoms. The van der Waals surface area contributed by atoms with E-state index in [-0.39, 0.29) is 23.4 Å². The summed E-state index contributed by atoms with van der Waals surface area (Å²) in [5.41, 5.74) is 3.28. The van der Waals surface area contributed by atoms with Gasteiger partial charge in [0.1, 0.15) is 5.82 Å². The predicted octanol–water partition coefficient (Wildman–Crippen LogP) is 3.42. The second kappa shape index (κ2) is 9.71. The van der Waals surface area contributed by atoms with E-state index in [0.717, 1.165) is 16.9 Å². The van der Waals surface area contributed by atoms with Gasteiger partial charge in [-0.3, -0.25) is 9.59 Å².